The summed E-state index contributed by atoms with van der Waals surface area (Å²) >= 11 is 1.73. The molecule has 2 aliphatic rings. The van der Waals surface area contributed by atoms with Crippen LogP contribution >= 0.6 is 11.3 Å². The summed E-state index contributed by atoms with van der Waals surface area (Å²) in [6.45, 7) is 2.60. The van der Waals surface area contributed by atoms with Crippen LogP contribution in [0, 0.1) is 0 Å². The van der Waals surface area contributed by atoms with Crippen LogP contribution in [0.3, 0.4) is 0 Å². The lowest BCUT2D eigenvalue weighted by molar-refractivity contribution is 0.0732. The number of carbonyl (C=O) groups is 1. The van der Waals surface area contributed by atoms with Gasteiger partial charge in [0.25, 0.3) is 5.91 Å². The van der Waals surface area contributed by atoms with Crippen LogP contribution in [0.2, 0.25) is 0 Å². The molecule has 1 saturated heterocycles. The molecule has 2 aliphatic heterocycles. The van der Waals surface area contributed by atoms with Gasteiger partial charge in [0, 0.05) is 34.2 Å². The van der Waals surface area contributed by atoms with E-state index in [1.165, 1.54) is 22.6 Å². The van der Waals surface area contributed by atoms with Crippen LogP contribution in [0.1, 0.15) is 22.3 Å². The highest BCUT2D eigenvalue weighted by Crippen LogP contribution is 2.42. The molecule has 168 valence electrons. The maximum absolute atomic E-state index is 13.0. The van der Waals surface area contributed by atoms with Gasteiger partial charge in [0.15, 0.2) is 11.5 Å². The number of furan rings is 1. The fourth-order valence-corrected chi connectivity index (χ4v) is 5.43. The maximum atomic E-state index is 13.0. The normalized spacial score (nSPS) is 18.1. The van der Waals surface area contributed by atoms with E-state index in [4.69, 9.17) is 18.6 Å². The zero-order valence-corrected chi connectivity index (χ0v) is 18.8. The molecule has 0 bridgehead atoms. The molecule has 2 aromatic carbocycles. The van der Waals surface area contributed by atoms with Crippen LogP contribution in [-0.2, 0) is 11.3 Å². The molecule has 33 heavy (non-hydrogen) atoms. The van der Waals surface area contributed by atoms with E-state index < -0.39 is 0 Å². The average molecular weight is 462 g/mol. The van der Waals surface area contributed by atoms with E-state index in [0.29, 0.717) is 50.0 Å². The van der Waals surface area contributed by atoms with Crippen molar-refractivity contribution in [1.82, 2.24) is 4.90 Å². The summed E-state index contributed by atoms with van der Waals surface area (Å²) < 4.78 is 24.4. The summed E-state index contributed by atoms with van der Waals surface area (Å²) in [6.07, 6.45) is 3.85. The quantitative estimate of drug-likeness (QED) is 0.409. The van der Waals surface area contributed by atoms with Gasteiger partial charge in [-0.05, 0) is 35.2 Å². The van der Waals surface area contributed by atoms with Gasteiger partial charge >= 0.3 is 0 Å². The second-order valence-corrected chi connectivity index (χ2v) is 9.21. The first-order valence-electron chi connectivity index (χ1n) is 11.1. The van der Waals surface area contributed by atoms with Gasteiger partial charge in [0.2, 0.25) is 0 Å². The van der Waals surface area contributed by atoms with Crippen LogP contribution < -0.4 is 9.47 Å². The molecule has 0 spiro atoms. The first-order chi connectivity index (χ1) is 16.3. The first kappa shape index (κ1) is 20.3. The topological polar surface area (TPSA) is 61.1 Å². The van der Waals surface area contributed by atoms with Gasteiger partial charge in [0.1, 0.15) is 19.0 Å². The molecule has 0 radical (unpaired) electrons. The molecule has 6 nitrogen and oxygen atoms in total. The molecule has 6 rings (SSSR count). The zero-order chi connectivity index (χ0) is 22.2. The van der Waals surface area contributed by atoms with E-state index in [9.17, 15) is 4.79 Å². The Morgan fingerprint density at radius 1 is 1.15 bits per heavy atom. The summed E-state index contributed by atoms with van der Waals surface area (Å²) in [6, 6.07) is 14.3. The summed E-state index contributed by atoms with van der Waals surface area (Å²) in [5.41, 5.74) is 3.69. The van der Waals surface area contributed by atoms with Crippen LogP contribution in [0.5, 0.6) is 11.5 Å². The smallest absolute Gasteiger partial charge is 0.257 e. The third-order valence-electron chi connectivity index (χ3n) is 6.13. The van der Waals surface area contributed by atoms with Gasteiger partial charge in [-0.3, -0.25) is 4.79 Å². The SMILES string of the molecule is O=C(c1ccoc1)N1CCOc2c(cc(-c3csc4ccccc34)cc2OC2CCOC2)C1. The van der Waals surface area contributed by atoms with Crippen LogP contribution in [-0.4, -0.2) is 43.3 Å². The molecule has 4 heterocycles. The summed E-state index contributed by atoms with van der Waals surface area (Å²) in [7, 11) is 0. The number of ether oxygens (including phenoxy) is 3. The lowest BCUT2D eigenvalue weighted by Crippen LogP contribution is -2.32. The molecular formula is C26H23NO5S. The highest BCUT2D eigenvalue weighted by atomic mass is 32.1. The average Bonchev–Trinajstić information content (AvgIpc) is 3.59. The number of benzene rings is 2. The Morgan fingerprint density at radius 3 is 2.94 bits per heavy atom. The Kier molecular flexibility index (Phi) is 5.28. The van der Waals surface area contributed by atoms with Crippen molar-refractivity contribution in [3.8, 4) is 22.6 Å². The fourth-order valence-electron chi connectivity index (χ4n) is 4.46. The number of fused-ring (bicyclic) bond motifs is 2. The molecule has 7 heteroatoms. The highest BCUT2D eigenvalue weighted by Gasteiger charge is 2.27. The number of amides is 1. The van der Waals surface area contributed by atoms with E-state index in [0.717, 1.165) is 23.1 Å². The van der Waals surface area contributed by atoms with Crippen molar-refractivity contribution in [2.75, 3.05) is 26.4 Å². The van der Waals surface area contributed by atoms with Crippen molar-refractivity contribution in [2.24, 2.45) is 0 Å². The lowest BCUT2D eigenvalue weighted by atomic mass is 10.0. The monoisotopic (exact) mass is 461 g/mol. The Labute approximate surface area is 195 Å². The predicted molar refractivity (Wildman–Crippen MR) is 126 cm³/mol. The highest BCUT2D eigenvalue weighted by molar-refractivity contribution is 7.17. The largest absolute Gasteiger partial charge is 0.487 e. The van der Waals surface area contributed by atoms with Crippen LogP contribution in [0.15, 0.2) is 64.8 Å². The van der Waals surface area contributed by atoms with Crippen molar-refractivity contribution < 1.29 is 23.4 Å². The minimum atomic E-state index is -0.0711. The number of nitrogens with zero attached hydrogens (tertiary/aromatic N) is 1. The maximum Gasteiger partial charge on any atom is 0.257 e. The van der Waals surface area contributed by atoms with E-state index in [2.05, 4.69) is 41.8 Å². The summed E-state index contributed by atoms with van der Waals surface area (Å²) in [5.74, 6) is 1.36. The van der Waals surface area contributed by atoms with Gasteiger partial charge in [-0.25, -0.2) is 0 Å². The van der Waals surface area contributed by atoms with Crippen molar-refractivity contribution in [1.29, 1.82) is 0 Å². The minimum Gasteiger partial charge on any atom is -0.487 e. The molecule has 0 saturated carbocycles. The van der Waals surface area contributed by atoms with Crippen LogP contribution in [0.25, 0.3) is 21.2 Å². The summed E-state index contributed by atoms with van der Waals surface area (Å²) in [5, 5.41) is 3.39. The molecule has 1 atom stereocenters. The molecule has 1 amide bonds. The predicted octanol–water partition coefficient (Wildman–Crippen LogP) is 5.36. The lowest BCUT2D eigenvalue weighted by Gasteiger charge is -2.20. The van der Waals surface area contributed by atoms with E-state index in [-0.39, 0.29) is 12.0 Å². The Morgan fingerprint density at radius 2 is 2.09 bits per heavy atom. The minimum absolute atomic E-state index is 0.000845. The first-order valence-corrected chi connectivity index (χ1v) is 12.0. The molecule has 1 unspecified atom stereocenters. The summed E-state index contributed by atoms with van der Waals surface area (Å²) in [4.78, 5) is 14.8. The van der Waals surface area contributed by atoms with Gasteiger partial charge < -0.3 is 23.5 Å². The van der Waals surface area contributed by atoms with E-state index >= 15 is 0 Å². The van der Waals surface area contributed by atoms with Crippen LogP contribution in [0.4, 0.5) is 0 Å². The number of thiophene rings is 1. The standard InChI is InChI=1S/C26H23NO5S/c28-26(17-5-8-29-14-17)27-7-10-31-25-19(13-27)11-18(12-23(25)32-20-6-9-30-15-20)22-16-33-24-4-2-1-3-21(22)24/h1-5,8,11-12,14,16,20H,6-7,9-10,13,15H2. The van der Waals surface area contributed by atoms with Crippen molar-refractivity contribution in [2.45, 2.75) is 19.1 Å². The van der Waals surface area contributed by atoms with Gasteiger partial charge in [0.05, 0.1) is 31.6 Å². The van der Waals surface area contributed by atoms with Gasteiger partial charge in [-0.15, -0.1) is 11.3 Å². The molecule has 1 fully saturated rings. The Hall–Kier alpha value is -3.29. The number of rotatable bonds is 4. The third-order valence-corrected chi connectivity index (χ3v) is 7.09. The molecule has 4 aromatic rings. The number of hydrogen-bond donors (Lipinski definition) is 0. The Bertz CT molecular complexity index is 1290. The van der Waals surface area contributed by atoms with Gasteiger partial charge in [-0.1, -0.05) is 18.2 Å². The van der Waals surface area contributed by atoms with E-state index in [1.807, 2.05) is 0 Å². The van der Waals surface area contributed by atoms with Crippen molar-refractivity contribution in [3.63, 3.8) is 0 Å². The van der Waals surface area contributed by atoms with E-state index in [1.54, 1.807) is 22.3 Å². The molecular weight excluding hydrogens is 438 g/mol. The fraction of sp³-hybridized carbons (Fsp3) is 0.269. The second kappa shape index (κ2) is 8.57. The number of hydrogen-bond acceptors (Lipinski definition) is 6. The number of carbonyl (C=O) groups excluding carboxylic acids is 1. The zero-order valence-electron chi connectivity index (χ0n) is 18.0. The van der Waals surface area contributed by atoms with Crippen molar-refractivity contribution in [3.05, 3.63) is 71.5 Å². The van der Waals surface area contributed by atoms with Gasteiger partial charge in [-0.2, -0.15) is 0 Å². The third kappa shape index (κ3) is 3.87. The molecule has 0 aliphatic carbocycles. The second-order valence-electron chi connectivity index (χ2n) is 8.30. The Balaban J connectivity index is 1.43. The molecule has 2 aromatic heterocycles. The molecule has 0 N–H and O–H groups in total. The van der Waals surface area contributed by atoms with Crippen molar-refractivity contribution >= 4 is 27.3 Å².